The highest BCUT2D eigenvalue weighted by Gasteiger charge is 2.25. The molecule has 2 unspecified atom stereocenters. The zero-order valence-electron chi connectivity index (χ0n) is 30.9. The van der Waals surface area contributed by atoms with Crippen LogP contribution < -0.4 is 5.73 Å². The number of hydrogen-bond donors (Lipinski definition) is 2. The van der Waals surface area contributed by atoms with E-state index in [-0.39, 0.29) is 32.6 Å². The molecule has 0 amide bonds. The number of phosphoric ester groups is 1. The lowest BCUT2D eigenvalue weighted by molar-refractivity contribution is -0.161. The van der Waals surface area contributed by atoms with Crippen molar-refractivity contribution in [3.63, 3.8) is 0 Å². The van der Waals surface area contributed by atoms with Crippen molar-refractivity contribution in [3.8, 4) is 0 Å². The highest BCUT2D eigenvalue weighted by molar-refractivity contribution is 7.47. The minimum absolute atomic E-state index is 0.0475. The average molecular weight is 712 g/mol. The Morgan fingerprint density at radius 3 is 1.69 bits per heavy atom. The largest absolute Gasteiger partial charge is 0.472 e. The van der Waals surface area contributed by atoms with E-state index in [1.165, 1.54) is 32.1 Å². The first-order chi connectivity index (χ1) is 23.8. The van der Waals surface area contributed by atoms with Crippen LogP contribution in [0.3, 0.4) is 0 Å². The summed E-state index contributed by atoms with van der Waals surface area (Å²) in [4.78, 5) is 34.7. The predicted octanol–water partition coefficient (Wildman–Crippen LogP) is 10.4. The first kappa shape index (κ1) is 47.0. The SMILES string of the molecule is CC/C=C\C/C=C\C/C=C\CCCCCCCC(=O)OC(COC(=O)CCCCCCC/C=C\CCCCCC)COP(=O)(O)OCCN. The van der Waals surface area contributed by atoms with E-state index >= 15 is 0 Å². The summed E-state index contributed by atoms with van der Waals surface area (Å²) in [6.45, 7) is 3.55. The number of allylic oxidation sites excluding steroid dienone is 8. The number of carbonyl (C=O) groups excluding carboxylic acids is 2. The number of rotatable bonds is 35. The zero-order valence-corrected chi connectivity index (χ0v) is 31.8. The van der Waals surface area contributed by atoms with Crippen molar-refractivity contribution in [3.05, 3.63) is 48.6 Å². The minimum atomic E-state index is -4.38. The highest BCUT2D eigenvalue weighted by atomic mass is 31.2. The van der Waals surface area contributed by atoms with Gasteiger partial charge < -0.3 is 20.1 Å². The van der Waals surface area contributed by atoms with Gasteiger partial charge >= 0.3 is 19.8 Å². The van der Waals surface area contributed by atoms with E-state index in [1.54, 1.807) is 0 Å². The molecule has 0 aromatic heterocycles. The molecule has 0 heterocycles. The zero-order chi connectivity index (χ0) is 36.1. The van der Waals surface area contributed by atoms with Crippen molar-refractivity contribution in [2.24, 2.45) is 5.73 Å². The second-order valence-electron chi connectivity index (χ2n) is 12.4. The number of ether oxygens (including phenoxy) is 2. The van der Waals surface area contributed by atoms with E-state index in [0.29, 0.717) is 6.42 Å². The lowest BCUT2D eigenvalue weighted by Crippen LogP contribution is -2.29. The summed E-state index contributed by atoms with van der Waals surface area (Å²) in [6, 6.07) is 0. The number of carbonyl (C=O) groups is 2. The summed E-state index contributed by atoms with van der Waals surface area (Å²) in [7, 11) is -4.38. The molecule has 49 heavy (non-hydrogen) atoms. The van der Waals surface area contributed by atoms with Gasteiger partial charge in [-0.15, -0.1) is 0 Å². The molecule has 0 aliphatic rings. The van der Waals surface area contributed by atoms with Gasteiger partial charge in [-0.25, -0.2) is 4.57 Å². The van der Waals surface area contributed by atoms with Gasteiger partial charge in [0.25, 0.3) is 0 Å². The Morgan fingerprint density at radius 2 is 1.12 bits per heavy atom. The standard InChI is InChI=1S/C39H70NO8P/c1-3-5-7-9-11-13-15-17-18-20-22-24-26-28-30-32-39(42)48-37(36-47-49(43,44)46-34-33-40)35-45-38(41)31-29-27-25-23-21-19-16-14-12-10-8-6-4-2/h5,7,11,13-14,16-18,37H,3-4,6,8-10,12,15,19-36,40H2,1-2H3,(H,43,44)/b7-5-,13-11-,16-14-,18-17-. The first-order valence-corrected chi connectivity index (χ1v) is 20.6. The van der Waals surface area contributed by atoms with E-state index in [4.69, 9.17) is 24.3 Å². The van der Waals surface area contributed by atoms with E-state index in [1.807, 2.05) is 0 Å². The summed E-state index contributed by atoms with van der Waals surface area (Å²) < 4.78 is 32.6. The molecule has 0 rings (SSSR count). The van der Waals surface area contributed by atoms with Crippen LogP contribution >= 0.6 is 7.82 Å². The maximum atomic E-state index is 12.5. The number of hydrogen-bond acceptors (Lipinski definition) is 8. The van der Waals surface area contributed by atoms with Gasteiger partial charge in [-0.1, -0.05) is 120 Å². The van der Waals surface area contributed by atoms with Gasteiger partial charge in [0, 0.05) is 19.4 Å². The molecule has 0 spiro atoms. The Hall–Kier alpha value is -2.03. The molecule has 2 atom stereocenters. The summed E-state index contributed by atoms with van der Waals surface area (Å²) in [5.74, 6) is -0.863. The molecule has 9 nitrogen and oxygen atoms in total. The van der Waals surface area contributed by atoms with Crippen molar-refractivity contribution in [1.29, 1.82) is 0 Å². The van der Waals surface area contributed by atoms with Gasteiger partial charge in [-0.05, 0) is 70.6 Å². The molecule has 0 aliphatic heterocycles. The molecule has 0 aromatic carbocycles. The summed E-state index contributed by atoms with van der Waals surface area (Å²) >= 11 is 0. The van der Waals surface area contributed by atoms with Gasteiger partial charge in [-0.3, -0.25) is 18.6 Å². The third kappa shape index (κ3) is 35.6. The summed E-state index contributed by atoms with van der Waals surface area (Å²) in [5, 5.41) is 0. The summed E-state index contributed by atoms with van der Waals surface area (Å²) in [6.07, 6.45) is 38.5. The van der Waals surface area contributed by atoms with E-state index < -0.39 is 32.5 Å². The number of phosphoric acid groups is 1. The fourth-order valence-electron chi connectivity index (χ4n) is 4.88. The van der Waals surface area contributed by atoms with Crippen LogP contribution in [-0.4, -0.2) is 49.3 Å². The van der Waals surface area contributed by atoms with E-state index in [2.05, 4.69) is 62.5 Å². The molecule has 10 heteroatoms. The molecule has 3 N–H and O–H groups in total. The fourth-order valence-corrected chi connectivity index (χ4v) is 5.64. The number of nitrogens with two attached hydrogens (primary N) is 1. The van der Waals surface area contributed by atoms with Crippen molar-refractivity contribution in [2.45, 2.75) is 161 Å². The Balaban J connectivity index is 4.28. The Morgan fingerprint density at radius 1 is 0.633 bits per heavy atom. The molecule has 0 bridgehead atoms. The lowest BCUT2D eigenvalue weighted by Gasteiger charge is -2.19. The second kappa shape index (κ2) is 35.8. The van der Waals surface area contributed by atoms with Crippen molar-refractivity contribution in [2.75, 3.05) is 26.4 Å². The molecule has 0 aromatic rings. The smallest absolute Gasteiger partial charge is 0.462 e. The van der Waals surface area contributed by atoms with Crippen LogP contribution in [0, 0.1) is 0 Å². The topological polar surface area (TPSA) is 134 Å². The Labute approximate surface area is 298 Å². The summed E-state index contributed by atoms with van der Waals surface area (Å²) in [5.41, 5.74) is 5.33. The van der Waals surface area contributed by atoms with Crippen LogP contribution in [0.2, 0.25) is 0 Å². The van der Waals surface area contributed by atoms with Crippen LogP contribution in [0.5, 0.6) is 0 Å². The van der Waals surface area contributed by atoms with Gasteiger partial charge in [0.1, 0.15) is 6.61 Å². The highest BCUT2D eigenvalue weighted by Crippen LogP contribution is 2.43. The van der Waals surface area contributed by atoms with Crippen LogP contribution in [-0.2, 0) is 32.7 Å². The van der Waals surface area contributed by atoms with Gasteiger partial charge in [-0.2, -0.15) is 0 Å². The lowest BCUT2D eigenvalue weighted by atomic mass is 10.1. The molecule has 0 saturated carbocycles. The van der Waals surface area contributed by atoms with E-state index in [0.717, 1.165) is 89.9 Å². The normalized spacial score (nSPS) is 14.0. The maximum absolute atomic E-state index is 12.5. The minimum Gasteiger partial charge on any atom is -0.462 e. The quantitative estimate of drug-likeness (QED) is 0.0285. The average Bonchev–Trinajstić information content (AvgIpc) is 3.08. The van der Waals surface area contributed by atoms with Gasteiger partial charge in [0.2, 0.25) is 0 Å². The third-order valence-corrected chi connectivity index (χ3v) is 8.68. The van der Waals surface area contributed by atoms with Crippen LogP contribution in [0.1, 0.15) is 155 Å². The predicted molar refractivity (Wildman–Crippen MR) is 201 cm³/mol. The number of esters is 2. The maximum Gasteiger partial charge on any atom is 0.472 e. The van der Waals surface area contributed by atoms with Crippen molar-refractivity contribution >= 4 is 19.8 Å². The third-order valence-electron chi connectivity index (χ3n) is 7.70. The molecule has 0 aliphatic carbocycles. The van der Waals surface area contributed by atoms with Crippen LogP contribution in [0.4, 0.5) is 0 Å². The molecule has 0 radical (unpaired) electrons. The Kier molecular flexibility index (Phi) is 34.3. The molecule has 0 fully saturated rings. The fraction of sp³-hybridized carbons (Fsp3) is 0.744. The molecular weight excluding hydrogens is 641 g/mol. The molecule has 0 saturated heterocycles. The monoisotopic (exact) mass is 711 g/mol. The first-order valence-electron chi connectivity index (χ1n) is 19.1. The van der Waals surface area contributed by atoms with Gasteiger partial charge in [0.05, 0.1) is 13.2 Å². The molecule has 284 valence electrons. The van der Waals surface area contributed by atoms with E-state index in [9.17, 15) is 19.0 Å². The van der Waals surface area contributed by atoms with Crippen molar-refractivity contribution < 1.29 is 37.6 Å². The van der Waals surface area contributed by atoms with Crippen molar-refractivity contribution in [1.82, 2.24) is 0 Å². The van der Waals surface area contributed by atoms with Gasteiger partial charge in [0.15, 0.2) is 6.10 Å². The molecular formula is C39H70NO8P. The van der Waals surface area contributed by atoms with Crippen LogP contribution in [0.25, 0.3) is 0 Å². The Bertz CT molecular complexity index is 949. The second-order valence-corrected chi connectivity index (χ2v) is 13.9. The number of unbranched alkanes of at least 4 members (excludes halogenated alkanes) is 14. The van der Waals surface area contributed by atoms with Crippen LogP contribution in [0.15, 0.2) is 48.6 Å².